The lowest BCUT2D eigenvalue weighted by Gasteiger charge is -1.32. The van der Waals surface area contributed by atoms with Gasteiger partial charge >= 0.3 is 0 Å². The van der Waals surface area contributed by atoms with Gasteiger partial charge in [-0.25, -0.2) is 0 Å². The summed E-state index contributed by atoms with van der Waals surface area (Å²) in [5.74, 6) is 1.67. The fourth-order valence-corrected chi connectivity index (χ4v) is 0. The van der Waals surface area contributed by atoms with Crippen molar-refractivity contribution < 1.29 is 5.48 Å². The molecule has 0 saturated carbocycles. The van der Waals surface area contributed by atoms with Gasteiger partial charge in [-0.15, -0.1) is 9.24 Å². The standard InChI is InChI=1S/C2H5P.H2O/c1-2-3;/h2H,1,3H2;1H2. The molecule has 26 valence electrons. The Morgan fingerprint density at radius 1 is 1.75 bits per heavy atom. The van der Waals surface area contributed by atoms with E-state index in [1.807, 2.05) is 0 Å². The lowest BCUT2D eigenvalue weighted by molar-refractivity contribution is 0.824. The molecule has 0 radical (unpaired) electrons. The van der Waals surface area contributed by atoms with E-state index in [-0.39, 0.29) is 5.48 Å². The molecule has 0 aliphatic carbocycles. The molecule has 0 heterocycles. The molecular weight excluding hydrogens is 71.0 g/mol. The minimum Gasteiger partial charge on any atom is -0.412 e. The van der Waals surface area contributed by atoms with Gasteiger partial charge in [-0.05, 0) is 0 Å². The summed E-state index contributed by atoms with van der Waals surface area (Å²) in [6.45, 7) is 3.32. The van der Waals surface area contributed by atoms with Gasteiger partial charge in [0.25, 0.3) is 0 Å². The Labute approximate surface area is 28.2 Å². The third-order valence-corrected chi connectivity index (χ3v) is 0. The zero-order valence-corrected chi connectivity index (χ0v) is 3.52. The van der Waals surface area contributed by atoms with Crippen molar-refractivity contribution in [3.63, 3.8) is 0 Å². The highest BCUT2D eigenvalue weighted by Crippen LogP contribution is 1.69. The Kier molecular flexibility index (Phi) is 24.8. The van der Waals surface area contributed by atoms with Gasteiger partial charge in [-0.3, -0.25) is 0 Å². The van der Waals surface area contributed by atoms with Crippen molar-refractivity contribution in [1.82, 2.24) is 0 Å². The second-order valence-corrected chi connectivity index (χ2v) is 0.707. The first kappa shape index (κ1) is 8.92. The molecule has 0 aliphatic heterocycles. The first-order valence-corrected chi connectivity index (χ1v) is 1.41. The summed E-state index contributed by atoms with van der Waals surface area (Å²) in [6, 6.07) is 0. The van der Waals surface area contributed by atoms with Gasteiger partial charge < -0.3 is 5.48 Å². The van der Waals surface area contributed by atoms with Crippen molar-refractivity contribution in [2.75, 3.05) is 0 Å². The van der Waals surface area contributed by atoms with Crippen molar-refractivity contribution in [1.29, 1.82) is 0 Å². The van der Waals surface area contributed by atoms with Crippen LogP contribution in [0.4, 0.5) is 0 Å². The highest BCUT2D eigenvalue weighted by molar-refractivity contribution is 7.20. The molecule has 0 aromatic carbocycles. The zero-order valence-electron chi connectivity index (χ0n) is 2.36. The second-order valence-electron chi connectivity index (χ2n) is 0.236. The average Bonchev–Trinajstić information content (AvgIpc) is 0.918. The van der Waals surface area contributed by atoms with E-state index in [2.05, 4.69) is 15.8 Å². The highest BCUT2D eigenvalue weighted by atomic mass is 31.0. The predicted octanol–water partition coefficient (Wildman–Crippen LogP) is 0.180. The minimum absolute atomic E-state index is 0. The largest absolute Gasteiger partial charge is 0.412 e. The molecule has 0 saturated heterocycles. The topological polar surface area (TPSA) is 31.5 Å². The van der Waals surface area contributed by atoms with E-state index >= 15 is 0 Å². The van der Waals surface area contributed by atoms with Crippen LogP contribution >= 0.6 is 9.24 Å². The maximum absolute atomic E-state index is 3.32. The van der Waals surface area contributed by atoms with Crippen LogP contribution in [0, 0.1) is 0 Å². The van der Waals surface area contributed by atoms with E-state index in [1.165, 1.54) is 0 Å². The Bertz CT molecular complexity index is 13.5. The molecule has 2 N–H and O–H groups in total. The van der Waals surface area contributed by atoms with Gasteiger partial charge in [-0.1, -0.05) is 12.4 Å². The van der Waals surface area contributed by atoms with Gasteiger partial charge in [0, 0.05) is 0 Å². The molecule has 0 aromatic heterocycles. The van der Waals surface area contributed by atoms with Crippen LogP contribution in [-0.4, -0.2) is 5.48 Å². The van der Waals surface area contributed by atoms with Crippen LogP contribution in [-0.2, 0) is 0 Å². The van der Waals surface area contributed by atoms with Crippen molar-refractivity contribution in [3.8, 4) is 0 Å². The molecule has 1 nitrogen and oxygen atoms in total. The SMILES string of the molecule is C=CP.O. The maximum Gasteiger partial charge on any atom is -0.0735 e. The zero-order chi connectivity index (χ0) is 2.71. The van der Waals surface area contributed by atoms with Crippen LogP contribution in [0.15, 0.2) is 12.4 Å². The summed E-state index contributed by atoms with van der Waals surface area (Å²) in [5.41, 5.74) is 0. The van der Waals surface area contributed by atoms with Gasteiger partial charge in [0.1, 0.15) is 0 Å². The van der Waals surface area contributed by atoms with E-state index in [9.17, 15) is 0 Å². The predicted molar refractivity (Wildman–Crippen MR) is 23.5 cm³/mol. The molecular formula is C2H7OP. The van der Waals surface area contributed by atoms with Crippen molar-refractivity contribution in [3.05, 3.63) is 12.4 Å². The van der Waals surface area contributed by atoms with Crippen LogP contribution < -0.4 is 0 Å². The van der Waals surface area contributed by atoms with E-state index in [1.54, 1.807) is 5.82 Å². The monoisotopic (exact) mass is 78.0 g/mol. The molecule has 1 atom stereocenters. The fourth-order valence-electron chi connectivity index (χ4n) is 0. The Hall–Kier alpha value is 0.130. The molecule has 0 amide bonds. The average molecular weight is 78.1 g/mol. The normalized spacial score (nSPS) is 3.25. The molecule has 0 rings (SSSR count). The molecule has 0 spiro atoms. The molecule has 2 heteroatoms. The molecule has 0 bridgehead atoms. The van der Waals surface area contributed by atoms with Crippen LogP contribution in [0.25, 0.3) is 0 Å². The number of rotatable bonds is 0. The van der Waals surface area contributed by atoms with E-state index in [0.29, 0.717) is 0 Å². The van der Waals surface area contributed by atoms with Gasteiger partial charge in [-0.2, -0.15) is 0 Å². The Morgan fingerprint density at radius 3 is 1.75 bits per heavy atom. The van der Waals surface area contributed by atoms with Crippen LogP contribution in [0.2, 0.25) is 0 Å². The second kappa shape index (κ2) is 11.1. The highest BCUT2D eigenvalue weighted by Gasteiger charge is 1.13. The van der Waals surface area contributed by atoms with E-state index in [0.717, 1.165) is 0 Å². The van der Waals surface area contributed by atoms with Gasteiger partial charge in [0.2, 0.25) is 0 Å². The Balaban J connectivity index is 0. The first-order valence-electron chi connectivity index (χ1n) is 0.742. The summed E-state index contributed by atoms with van der Waals surface area (Å²) < 4.78 is 0. The maximum atomic E-state index is 3.32. The summed E-state index contributed by atoms with van der Waals surface area (Å²) in [6.07, 6.45) is 0. The Morgan fingerprint density at radius 2 is 1.75 bits per heavy atom. The quantitative estimate of drug-likeness (QED) is 0.370. The van der Waals surface area contributed by atoms with Crippen LogP contribution in [0.1, 0.15) is 0 Å². The molecule has 0 aromatic rings. The first-order chi connectivity index (χ1) is 1.41. The van der Waals surface area contributed by atoms with Gasteiger partial charge in [0.15, 0.2) is 0 Å². The summed E-state index contributed by atoms with van der Waals surface area (Å²) in [5, 5.41) is 0. The lowest BCUT2D eigenvalue weighted by atomic mass is 11.3. The molecule has 0 aliphatic rings. The number of hydrogen-bond donors (Lipinski definition) is 0. The third kappa shape index (κ3) is 161. The molecule has 4 heavy (non-hydrogen) atoms. The molecule has 1 unspecified atom stereocenters. The summed E-state index contributed by atoms with van der Waals surface area (Å²) >= 11 is 0. The summed E-state index contributed by atoms with van der Waals surface area (Å²) in [7, 11) is 2.34. The fraction of sp³-hybridized carbons (Fsp3) is 0. The summed E-state index contributed by atoms with van der Waals surface area (Å²) in [4.78, 5) is 0. The van der Waals surface area contributed by atoms with Crippen molar-refractivity contribution in [2.45, 2.75) is 0 Å². The minimum atomic E-state index is 0. The lowest BCUT2D eigenvalue weighted by Crippen LogP contribution is -0.892. The number of hydrogen-bond acceptors (Lipinski definition) is 0. The van der Waals surface area contributed by atoms with E-state index < -0.39 is 0 Å². The smallest absolute Gasteiger partial charge is 0.0735 e. The van der Waals surface area contributed by atoms with Crippen molar-refractivity contribution >= 4 is 9.24 Å². The van der Waals surface area contributed by atoms with Crippen molar-refractivity contribution in [2.24, 2.45) is 0 Å². The van der Waals surface area contributed by atoms with Gasteiger partial charge in [0.05, 0.1) is 0 Å². The van der Waals surface area contributed by atoms with Crippen LogP contribution in [0.3, 0.4) is 0 Å². The third-order valence-electron chi connectivity index (χ3n) is 0. The van der Waals surface area contributed by atoms with E-state index in [4.69, 9.17) is 0 Å². The van der Waals surface area contributed by atoms with Crippen LogP contribution in [0.5, 0.6) is 0 Å². The molecule has 0 fully saturated rings.